The molecule has 4 rings (SSSR count). The van der Waals surface area contributed by atoms with Gasteiger partial charge >= 0.3 is 0 Å². The largest absolute Gasteiger partial charge is 0.322 e. The van der Waals surface area contributed by atoms with E-state index in [2.05, 4.69) is 15.0 Å². The van der Waals surface area contributed by atoms with Crippen LogP contribution in [0.5, 0.6) is 0 Å². The lowest BCUT2D eigenvalue weighted by Crippen LogP contribution is -2.29. The Labute approximate surface area is 185 Å². The molecule has 0 radical (unpaired) electrons. The first-order valence-electron chi connectivity index (χ1n) is 9.91. The predicted octanol–water partition coefficient (Wildman–Crippen LogP) is 3.19. The molecule has 0 aromatic heterocycles. The van der Waals surface area contributed by atoms with Crippen LogP contribution in [0.2, 0.25) is 5.02 Å². The molecule has 2 aromatic rings. The Bertz CT molecular complexity index is 1180. The summed E-state index contributed by atoms with van der Waals surface area (Å²) in [5.74, 6) is -0.0881. The molecule has 0 spiro atoms. The van der Waals surface area contributed by atoms with Gasteiger partial charge in [-0.1, -0.05) is 17.7 Å². The lowest BCUT2D eigenvalue weighted by Gasteiger charge is -2.20. The van der Waals surface area contributed by atoms with Crippen molar-refractivity contribution in [1.82, 2.24) is 4.72 Å². The second-order valence-electron chi connectivity index (χ2n) is 7.33. The van der Waals surface area contributed by atoms with Gasteiger partial charge in [-0.05, 0) is 49.2 Å². The lowest BCUT2D eigenvalue weighted by molar-refractivity contribution is -0.117. The molecule has 2 aliphatic rings. The highest BCUT2D eigenvalue weighted by molar-refractivity contribution is 7.90. The fourth-order valence-electron chi connectivity index (χ4n) is 3.60. The minimum absolute atomic E-state index is 0.0194. The van der Waals surface area contributed by atoms with Gasteiger partial charge in [-0.3, -0.25) is 19.3 Å². The third-order valence-corrected chi connectivity index (χ3v) is 6.71. The highest BCUT2D eigenvalue weighted by Crippen LogP contribution is 2.29. The minimum Gasteiger partial charge on any atom is -0.322 e. The Balaban J connectivity index is 1.57. The molecule has 2 N–H and O–H groups in total. The summed E-state index contributed by atoms with van der Waals surface area (Å²) in [6, 6.07) is 10.7. The summed E-state index contributed by atoms with van der Waals surface area (Å²) in [7, 11) is -3.80. The predicted molar refractivity (Wildman–Crippen MR) is 119 cm³/mol. The number of hydrogen-bond donors (Lipinski definition) is 2. The zero-order chi connectivity index (χ0) is 22.0. The first-order chi connectivity index (χ1) is 14.8. The maximum Gasteiger partial charge on any atom is 0.262 e. The van der Waals surface area contributed by atoms with Crippen molar-refractivity contribution in [2.75, 3.05) is 23.3 Å². The van der Waals surface area contributed by atoms with E-state index in [1.807, 2.05) is 0 Å². The van der Waals surface area contributed by atoms with E-state index in [1.165, 1.54) is 12.1 Å². The van der Waals surface area contributed by atoms with Crippen molar-refractivity contribution in [3.8, 4) is 0 Å². The first-order valence-corrected chi connectivity index (χ1v) is 11.8. The number of sulfonamides is 1. The number of nitrogens with one attached hydrogen (secondary N) is 2. The van der Waals surface area contributed by atoms with Crippen molar-refractivity contribution in [3.05, 3.63) is 53.1 Å². The van der Waals surface area contributed by atoms with E-state index in [-0.39, 0.29) is 16.4 Å². The number of amidine groups is 1. The average molecular weight is 461 g/mol. The van der Waals surface area contributed by atoms with Gasteiger partial charge in [0.1, 0.15) is 5.84 Å². The summed E-state index contributed by atoms with van der Waals surface area (Å²) >= 11 is 6.10. The van der Waals surface area contributed by atoms with E-state index in [9.17, 15) is 18.0 Å². The number of benzene rings is 2. The van der Waals surface area contributed by atoms with E-state index in [4.69, 9.17) is 11.6 Å². The van der Waals surface area contributed by atoms with Gasteiger partial charge in [0.05, 0.1) is 16.1 Å². The Morgan fingerprint density at radius 1 is 1.10 bits per heavy atom. The molecule has 0 aliphatic carbocycles. The van der Waals surface area contributed by atoms with Crippen molar-refractivity contribution in [1.29, 1.82) is 0 Å². The molecule has 162 valence electrons. The van der Waals surface area contributed by atoms with Crippen LogP contribution >= 0.6 is 11.6 Å². The SMILES string of the molecule is O=C(Nc1cccc(S(=O)(=O)NC2=NCCC2)c1)c1ccc(Cl)cc1N1CCCC1=O. The molecule has 10 heteroatoms. The number of carbonyl (C=O) groups excluding carboxylic acids is 2. The third kappa shape index (κ3) is 4.72. The number of hydrogen-bond acceptors (Lipinski definition) is 5. The third-order valence-electron chi connectivity index (χ3n) is 5.10. The molecule has 31 heavy (non-hydrogen) atoms. The molecule has 8 nitrogen and oxygen atoms in total. The zero-order valence-electron chi connectivity index (χ0n) is 16.6. The normalized spacial score (nSPS) is 16.4. The molecular weight excluding hydrogens is 440 g/mol. The van der Waals surface area contributed by atoms with Gasteiger partial charge < -0.3 is 10.2 Å². The maximum absolute atomic E-state index is 13.0. The summed E-state index contributed by atoms with van der Waals surface area (Å²) < 4.78 is 27.8. The Hall–Kier alpha value is -2.91. The van der Waals surface area contributed by atoms with E-state index >= 15 is 0 Å². The fourth-order valence-corrected chi connectivity index (χ4v) is 4.90. The molecule has 1 saturated heterocycles. The van der Waals surface area contributed by atoms with Crippen LogP contribution in [0.4, 0.5) is 11.4 Å². The highest BCUT2D eigenvalue weighted by atomic mass is 35.5. The van der Waals surface area contributed by atoms with Crippen LogP contribution in [0.3, 0.4) is 0 Å². The van der Waals surface area contributed by atoms with Gasteiger partial charge in [-0.15, -0.1) is 0 Å². The first kappa shape index (κ1) is 21.3. The second-order valence-corrected chi connectivity index (χ2v) is 9.45. The smallest absolute Gasteiger partial charge is 0.262 e. The van der Waals surface area contributed by atoms with Crippen molar-refractivity contribution >= 4 is 50.6 Å². The van der Waals surface area contributed by atoms with Crippen LogP contribution < -0.4 is 14.9 Å². The molecule has 2 amide bonds. The number of rotatable bonds is 5. The van der Waals surface area contributed by atoms with Gasteiger partial charge in [0.2, 0.25) is 5.91 Å². The number of aliphatic imine (C=N–C) groups is 1. The molecule has 0 saturated carbocycles. The Morgan fingerprint density at radius 2 is 1.94 bits per heavy atom. The highest BCUT2D eigenvalue weighted by Gasteiger charge is 2.26. The van der Waals surface area contributed by atoms with Crippen LogP contribution in [0.25, 0.3) is 0 Å². The van der Waals surface area contributed by atoms with Gasteiger partial charge in [0, 0.05) is 36.6 Å². The lowest BCUT2D eigenvalue weighted by atomic mass is 10.1. The van der Waals surface area contributed by atoms with Crippen molar-refractivity contribution in [2.45, 2.75) is 30.6 Å². The molecule has 0 atom stereocenters. The van der Waals surface area contributed by atoms with Gasteiger partial charge in [-0.2, -0.15) is 0 Å². The Morgan fingerprint density at radius 3 is 2.65 bits per heavy atom. The maximum atomic E-state index is 13.0. The number of nitrogens with zero attached hydrogens (tertiary/aromatic N) is 2. The van der Waals surface area contributed by atoms with Crippen molar-refractivity contribution < 1.29 is 18.0 Å². The molecule has 2 heterocycles. The van der Waals surface area contributed by atoms with E-state index in [0.29, 0.717) is 54.6 Å². The average Bonchev–Trinajstić information content (AvgIpc) is 3.39. The quantitative estimate of drug-likeness (QED) is 0.714. The molecule has 2 aromatic carbocycles. The number of halogens is 1. The molecule has 0 bridgehead atoms. The summed E-state index contributed by atoms with van der Waals surface area (Å²) in [5.41, 5.74) is 1.04. The van der Waals surface area contributed by atoms with Crippen LogP contribution in [0.15, 0.2) is 52.4 Å². The fraction of sp³-hybridized carbons (Fsp3) is 0.286. The molecule has 1 fully saturated rings. The molecule has 0 unspecified atom stereocenters. The summed E-state index contributed by atoms with van der Waals surface area (Å²) in [6.07, 6.45) is 2.54. The zero-order valence-corrected chi connectivity index (χ0v) is 18.2. The number of carbonyl (C=O) groups is 2. The van der Waals surface area contributed by atoms with Gasteiger partial charge in [-0.25, -0.2) is 8.42 Å². The summed E-state index contributed by atoms with van der Waals surface area (Å²) in [4.78, 5) is 30.9. The minimum atomic E-state index is -3.80. The van der Waals surface area contributed by atoms with Crippen LogP contribution in [0.1, 0.15) is 36.0 Å². The monoisotopic (exact) mass is 460 g/mol. The van der Waals surface area contributed by atoms with Gasteiger partial charge in [0.25, 0.3) is 15.9 Å². The summed E-state index contributed by atoms with van der Waals surface area (Å²) in [6.45, 7) is 1.12. The molecular formula is C21H21ClN4O4S. The second kappa shape index (κ2) is 8.68. The van der Waals surface area contributed by atoms with Crippen molar-refractivity contribution in [3.63, 3.8) is 0 Å². The Kier molecular flexibility index (Phi) is 5.97. The van der Waals surface area contributed by atoms with Crippen LogP contribution in [0, 0.1) is 0 Å². The summed E-state index contributed by atoms with van der Waals surface area (Å²) in [5, 5.41) is 3.14. The van der Waals surface area contributed by atoms with E-state index in [1.54, 1.807) is 35.2 Å². The topological polar surface area (TPSA) is 108 Å². The number of amides is 2. The van der Waals surface area contributed by atoms with Crippen LogP contribution in [-0.4, -0.2) is 39.2 Å². The van der Waals surface area contributed by atoms with Gasteiger partial charge in [0.15, 0.2) is 0 Å². The number of anilines is 2. The van der Waals surface area contributed by atoms with Crippen molar-refractivity contribution in [2.24, 2.45) is 4.99 Å². The standard InChI is InChI=1S/C21H21ClN4O4S/c22-14-8-9-17(18(12-14)26-11-3-7-20(26)27)21(28)24-15-4-1-5-16(13-15)31(29,30)25-19-6-2-10-23-19/h1,4-5,8-9,12-13H,2-3,6-7,10-11H2,(H,23,25)(H,24,28). The van der Waals surface area contributed by atoms with Crippen LogP contribution in [-0.2, 0) is 14.8 Å². The van der Waals surface area contributed by atoms with E-state index < -0.39 is 15.9 Å². The molecule has 2 aliphatic heterocycles. The van der Waals surface area contributed by atoms with E-state index in [0.717, 1.165) is 6.42 Å².